The quantitative estimate of drug-likeness (QED) is 0.307. The standard InChI is InChI=1S/C19H9Cl3F4N4O3/c20-11-5-9(29-18(32)30-16(31)10-2-1-3-27-15(10)23)6-12(21)14(11)33-17-13(22)4-8(7-28-17)19(24,25)26/h1-7H,(H2,29,30,31,32). The van der Waals surface area contributed by atoms with Crippen LogP contribution in [0.15, 0.2) is 42.7 Å². The number of hydrogen-bond donors (Lipinski definition) is 2. The molecule has 0 fully saturated rings. The summed E-state index contributed by atoms with van der Waals surface area (Å²) in [6.45, 7) is 0. The van der Waals surface area contributed by atoms with Crippen LogP contribution >= 0.6 is 34.8 Å². The van der Waals surface area contributed by atoms with E-state index in [1.54, 1.807) is 0 Å². The zero-order valence-electron chi connectivity index (χ0n) is 15.8. The summed E-state index contributed by atoms with van der Waals surface area (Å²) in [6.07, 6.45) is -3.00. The molecule has 14 heteroatoms. The smallest absolute Gasteiger partial charge is 0.417 e. The molecule has 3 rings (SSSR count). The van der Waals surface area contributed by atoms with Gasteiger partial charge in [-0.2, -0.15) is 17.6 Å². The Hall–Kier alpha value is -3.15. The maximum Gasteiger partial charge on any atom is 0.417 e. The van der Waals surface area contributed by atoms with E-state index < -0.39 is 46.1 Å². The summed E-state index contributed by atoms with van der Waals surface area (Å²) in [6, 6.07) is 4.38. The third-order valence-corrected chi connectivity index (χ3v) is 4.65. The summed E-state index contributed by atoms with van der Waals surface area (Å²) >= 11 is 18.0. The number of urea groups is 1. The highest BCUT2D eigenvalue weighted by Gasteiger charge is 2.32. The van der Waals surface area contributed by atoms with Crippen LogP contribution in [0, 0.1) is 5.95 Å². The summed E-state index contributed by atoms with van der Waals surface area (Å²) in [7, 11) is 0. The van der Waals surface area contributed by atoms with Gasteiger partial charge in [0.05, 0.1) is 21.2 Å². The minimum Gasteiger partial charge on any atom is -0.434 e. The van der Waals surface area contributed by atoms with Gasteiger partial charge in [-0.3, -0.25) is 10.1 Å². The van der Waals surface area contributed by atoms with Crippen LogP contribution in [0.2, 0.25) is 15.1 Å². The van der Waals surface area contributed by atoms with Crippen molar-refractivity contribution in [3.8, 4) is 11.6 Å². The molecule has 0 unspecified atom stereocenters. The number of alkyl halides is 3. The Balaban J connectivity index is 1.73. The van der Waals surface area contributed by atoms with Crippen molar-refractivity contribution in [1.82, 2.24) is 15.3 Å². The molecular formula is C19H9Cl3F4N4O3. The summed E-state index contributed by atoms with van der Waals surface area (Å²) in [5.41, 5.74) is -1.52. The van der Waals surface area contributed by atoms with E-state index in [4.69, 9.17) is 39.5 Å². The Morgan fingerprint density at radius 1 is 1.00 bits per heavy atom. The van der Waals surface area contributed by atoms with Crippen LogP contribution in [0.25, 0.3) is 0 Å². The van der Waals surface area contributed by atoms with Crippen molar-refractivity contribution in [2.24, 2.45) is 0 Å². The number of pyridine rings is 2. The molecule has 0 saturated heterocycles. The van der Waals surface area contributed by atoms with Crippen LogP contribution in [0.4, 0.5) is 28.0 Å². The van der Waals surface area contributed by atoms with Gasteiger partial charge in [-0.15, -0.1) is 0 Å². The lowest BCUT2D eigenvalue weighted by molar-refractivity contribution is -0.137. The number of imide groups is 1. The van der Waals surface area contributed by atoms with Crippen LogP contribution in [0.3, 0.4) is 0 Å². The topological polar surface area (TPSA) is 93.2 Å². The first-order chi connectivity index (χ1) is 15.5. The summed E-state index contributed by atoms with van der Waals surface area (Å²) in [5, 5.41) is 3.39. The fraction of sp³-hybridized carbons (Fsp3) is 0.0526. The van der Waals surface area contributed by atoms with Gasteiger partial charge in [0, 0.05) is 18.1 Å². The summed E-state index contributed by atoms with van der Waals surface area (Å²) in [4.78, 5) is 30.8. The molecule has 3 aromatic rings. The van der Waals surface area contributed by atoms with E-state index in [0.717, 1.165) is 12.3 Å². The lowest BCUT2D eigenvalue weighted by Gasteiger charge is -2.13. The number of nitrogens with zero attached hydrogens (tertiary/aromatic N) is 2. The Bertz CT molecular complexity index is 1220. The van der Waals surface area contributed by atoms with Gasteiger partial charge in [0.15, 0.2) is 5.75 Å². The summed E-state index contributed by atoms with van der Waals surface area (Å²) in [5.74, 6) is -2.70. The molecule has 0 radical (unpaired) electrons. The zero-order chi connectivity index (χ0) is 24.3. The van der Waals surface area contributed by atoms with E-state index in [1.165, 1.54) is 18.2 Å². The van der Waals surface area contributed by atoms with Crippen molar-refractivity contribution in [1.29, 1.82) is 0 Å². The minimum absolute atomic E-state index is 0.0146. The maximum absolute atomic E-state index is 13.5. The van der Waals surface area contributed by atoms with E-state index in [9.17, 15) is 27.2 Å². The number of anilines is 1. The number of hydrogen-bond acceptors (Lipinski definition) is 5. The molecule has 0 bridgehead atoms. The number of aromatic nitrogens is 2. The number of carbonyl (C=O) groups is 2. The highest BCUT2D eigenvalue weighted by atomic mass is 35.5. The Morgan fingerprint density at radius 3 is 2.24 bits per heavy atom. The second-order valence-corrected chi connectivity index (χ2v) is 7.35. The van der Waals surface area contributed by atoms with E-state index >= 15 is 0 Å². The van der Waals surface area contributed by atoms with Gasteiger partial charge in [-0.05, 0) is 30.3 Å². The molecule has 0 saturated carbocycles. The SMILES string of the molecule is O=C(NC(=O)c1cccnc1F)Nc1cc(Cl)c(Oc2ncc(C(F)(F)F)cc2Cl)c(Cl)c1. The predicted molar refractivity (Wildman–Crippen MR) is 111 cm³/mol. The Labute approximate surface area is 197 Å². The zero-order valence-corrected chi connectivity index (χ0v) is 18.1. The van der Waals surface area contributed by atoms with Crippen LogP contribution in [-0.4, -0.2) is 21.9 Å². The molecule has 0 aliphatic carbocycles. The lowest BCUT2D eigenvalue weighted by atomic mass is 10.2. The highest BCUT2D eigenvalue weighted by Crippen LogP contribution is 2.41. The van der Waals surface area contributed by atoms with Crippen molar-refractivity contribution in [2.75, 3.05) is 5.32 Å². The average Bonchev–Trinajstić information content (AvgIpc) is 2.71. The molecule has 2 N–H and O–H groups in total. The fourth-order valence-electron chi connectivity index (χ4n) is 2.37. The lowest BCUT2D eigenvalue weighted by Crippen LogP contribution is -2.35. The molecule has 1 aromatic carbocycles. The highest BCUT2D eigenvalue weighted by molar-refractivity contribution is 6.38. The van der Waals surface area contributed by atoms with Gasteiger partial charge in [-0.1, -0.05) is 34.8 Å². The van der Waals surface area contributed by atoms with Crippen LogP contribution in [0.5, 0.6) is 11.6 Å². The molecular weight excluding hydrogens is 515 g/mol. The first-order valence-electron chi connectivity index (χ1n) is 8.58. The van der Waals surface area contributed by atoms with Gasteiger partial charge >= 0.3 is 12.2 Å². The normalized spacial score (nSPS) is 11.1. The largest absolute Gasteiger partial charge is 0.434 e. The second-order valence-electron chi connectivity index (χ2n) is 6.13. The van der Waals surface area contributed by atoms with E-state index in [0.29, 0.717) is 12.3 Å². The molecule has 7 nitrogen and oxygen atoms in total. The van der Waals surface area contributed by atoms with E-state index in [2.05, 4.69) is 15.3 Å². The van der Waals surface area contributed by atoms with Gasteiger partial charge in [0.25, 0.3) is 5.91 Å². The van der Waals surface area contributed by atoms with Crippen molar-refractivity contribution in [3.05, 3.63) is 74.9 Å². The van der Waals surface area contributed by atoms with Gasteiger partial charge in [0.2, 0.25) is 11.8 Å². The maximum atomic E-state index is 13.5. The Kier molecular flexibility index (Phi) is 7.25. The Morgan fingerprint density at radius 2 is 1.67 bits per heavy atom. The number of amides is 3. The number of ether oxygens (including phenoxy) is 1. The van der Waals surface area contributed by atoms with Crippen LogP contribution in [0.1, 0.15) is 15.9 Å². The molecule has 0 aliphatic heterocycles. The van der Waals surface area contributed by atoms with Crippen LogP contribution < -0.4 is 15.4 Å². The first kappa shape index (κ1) is 24.5. The third kappa shape index (κ3) is 6.01. The molecule has 2 heterocycles. The number of nitrogens with one attached hydrogen (secondary N) is 2. The van der Waals surface area contributed by atoms with E-state index in [-0.39, 0.29) is 21.5 Å². The third-order valence-electron chi connectivity index (χ3n) is 3.82. The average molecular weight is 524 g/mol. The molecule has 0 aliphatic rings. The molecule has 0 atom stereocenters. The second kappa shape index (κ2) is 9.77. The molecule has 2 aromatic heterocycles. The van der Waals surface area contributed by atoms with E-state index in [1.807, 2.05) is 5.32 Å². The molecule has 0 spiro atoms. The van der Waals surface area contributed by atoms with Gasteiger partial charge in [0.1, 0.15) is 5.02 Å². The monoisotopic (exact) mass is 522 g/mol. The molecule has 3 amide bonds. The number of halogens is 7. The fourth-order valence-corrected chi connectivity index (χ4v) is 3.14. The molecule has 172 valence electrons. The number of benzene rings is 1. The number of carbonyl (C=O) groups excluding carboxylic acids is 2. The predicted octanol–water partition coefficient (Wildman–Crippen LogP) is 6.35. The summed E-state index contributed by atoms with van der Waals surface area (Å²) < 4.78 is 57.1. The minimum atomic E-state index is -4.65. The number of rotatable bonds is 4. The van der Waals surface area contributed by atoms with Crippen molar-refractivity contribution in [3.63, 3.8) is 0 Å². The molecule has 33 heavy (non-hydrogen) atoms. The van der Waals surface area contributed by atoms with Crippen molar-refractivity contribution in [2.45, 2.75) is 6.18 Å². The first-order valence-corrected chi connectivity index (χ1v) is 9.71. The van der Waals surface area contributed by atoms with Crippen molar-refractivity contribution >= 4 is 52.4 Å². The van der Waals surface area contributed by atoms with Crippen LogP contribution in [-0.2, 0) is 6.18 Å². The van der Waals surface area contributed by atoms with Crippen molar-refractivity contribution < 1.29 is 31.9 Å². The van der Waals surface area contributed by atoms with Gasteiger partial charge in [-0.25, -0.2) is 14.8 Å². The van der Waals surface area contributed by atoms with Gasteiger partial charge < -0.3 is 10.1 Å².